The quantitative estimate of drug-likeness (QED) is 0.442. The number of rotatable bonds is 7. The maximum absolute atomic E-state index is 13.3. The van der Waals surface area contributed by atoms with Crippen molar-refractivity contribution in [1.29, 1.82) is 0 Å². The number of amides is 1. The van der Waals surface area contributed by atoms with Gasteiger partial charge in [0.15, 0.2) is 0 Å². The minimum absolute atomic E-state index is 0.231. The van der Waals surface area contributed by atoms with E-state index < -0.39 is 0 Å². The Morgan fingerprint density at radius 1 is 1.09 bits per heavy atom. The number of hydrogen-bond donors (Lipinski definition) is 2. The Morgan fingerprint density at radius 3 is 2.72 bits per heavy atom. The van der Waals surface area contributed by atoms with Crippen LogP contribution in [-0.4, -0.2) is 20.7 Å². The van der Waals surface area contributed by atoms with Gasteiger partial charge < -0.3 is 15.4 Å². The first-order chi connectivity index (χ1) is 15.5. The van der Waals surface area contributed by atoms with Gasteiger partial charge in [0.1, 0.15) is 29.0 Å². The first-order valence-corrected chi connectivity index (χ1v) is 10.0. The second kappa shape index (κ2) is 9.30. The lowest BCUT2D eigenvalue weighted by Gasteiger charge is -2.13. The molecule has 162 valence electrons. The van der Waals surface area contributed by atoms with Crippen molar-refractivity contribution in [2.45, 2.75) is 13.5 Å². The van der Waals surface area contributed by atoms with Gasteiger partial charge in [0, 0.05) is 43.0 Å². The van der Waals surface area contributed by atoms with Crippen LogP contribution in [0.5, 0.6) is 11.5 Å². The lowest BCUT2D eigenvalue weighted by atomic mass is 10.1. The molecule has 0 aliphatic rings. The van der Waals surface area contributed by atoms with E-state index in [4.69, 9.17) is 4.74 Å². The average molecular weight is 431 g/mol. The van der Waals surface area contributed by atoms with E-state index in [-0.39, 0.29) is 18.3 Å². The van der Waals surface area contributed by atoms with E-state index >= 15 is 0 Å². The van der Waals surface area contributed by atoms with Crippen molar-refractivity contribution in [1.82, 2.24) is 20.1 Å². The van der Waals surface area contributed by atoms with Crippen LogP contribution >= 0.6 is 0 Å². The molecule has 2 aromatic carbocycles. The van der Waals surface area contributed by atoms with Crippen molar-refractivity contribution >= 4 is 17.5 Å². The van der Waals surface area contributed by atoms with Crippen LogP contribution in [0.1, 0.15) is 21.5 Å². The van der Waals surface area contributed by atoms with Crippen LogP contribution in [0.4, 0.5) is 16.0 Å². The number of hydrogen-bond acceptors (Lipinski definition) is 5. The highest BCUT2D eigenvalue weighted by Crippen LogP contribution is 2.28. The van der Waals surface area contributed by atoms with Crippen LogP contribution in [-0.2, 0) is 13.6 Å². The Kier molecular flexibility index (Phi) is 6.12. The molecule has 2 N–H and O–H groups in total. The average Bonchev–Trinajstić information content (AvgIpc) is 3.18. The summed E-state index contributed by atoms with van der Waals surface area (Å²) >= 11 is 0. The molecule has 2 heterocycles. The van der Waals surface area contributed by atoms with E-state index in [2.05, 4.69) is 20.7 Å². The molecule has 1 amide bonds. The van der Waals surface area contributed by atoms with Crippen molar-refractivity contribution in [3.63, 3.8) is 0 Å². The standard InChI is InChI=1S/C24H22FN5O2/c1-16-20(24(31)27-15-17-5-3-6-18(25)13-17)7-4-8-21(16)32-19-9-11-26-22(14-19)29-23-10-12-28-30(23)2/h3-14H,15H2,1-2H3,(H,26,29)(H,27,31). The van der Waals surface area contributed by atoms with Crippen LogP contribution in [0.15, 0.2) is 73.1 Å². The summed E-state index contributed by atoms with van der Waals surface area (Å²) in [7, 11) is 1.83. The number of benzene rings is 2. The number of nitrogens with zero attached hydrogens (tertiary/aromatic N) is 3. The zero-order valence-corrected chi connectivity index (χ0v) is 17.7. The summed E-state index contributed by atoms with van der Waals surface area (Å²) in [5.41, 5.74) is 1.87. The van der Waals surface area contributed by atoms with Crippen LogP contribution in [0.3, 0.4) is 0 Å². The summed E-state index contributed by atoms with van der Waals surface area (Å²) in [6.07, 6.45) is 3.33. The highest BCUT2D eigenvalue weighted by Gasteiger charge is 2.13. The van der Waals surface area contributed by atoms with Gasteiger partial charge in [-0.3, -0.25) is 9.48 Å². The molecule has 4 aromatic rings. The van der Waals surface area contributed by atoms with Crippen molar-refractivity contribution in [2.75, 3.05) is 5.32 Å². The molecule has 0 fully saturated rings. The fourth-order valence-electron chi connectivity index (χ4n) is 3.19. The van der Waals surface area contributed by atoms with Gasteiger partial charge in [0.25, 0.3) is 5.91 Å². The zero-order valence-electron chi connectivity index (χ0n) is 17.7. The number of pyridine rings is 1. The first-order valence-electron chi connectivity index (χ1n) is 10.0. The Hall–Kier alpha value is -4.20. The summed E-state index contributed by atoms with van der Waals surface area (Å²) in [4.78, 5) is 17.0. The van der Waals surface area contributed by atoms with Gasteiger partial charge >= 0.3 is 0 Å². The molecular formula is C24H22FN5O2. The molecule has 0 atom stereocenters. The van der Waals surface area contributed by atoms with E-state index in [1.807, 2.05) is 20.0 Å². The molecule has 0 aliphatic heterocycles. The number of carbonyl (C=O) groups is 1. The molecule has 0 aliphatic carbocycles. The summed E-state index contributed by atoms with van der Waals surface area (Å²) in [5.74, 6) is 1.94. The Morgan fingerprint density at radius 2 is 1.94 bits per heavy atom. The van der Waals surface area contributed by atoms with Gasteiger partial charge in [-0.1, -0.05) is 18.2 Å². The first kappa shape index (κ1) is 21.0. The molecule has 0 radical (unpaired) electrons. The molecule has 0 saturated carbocycles. The fraction of sp³-hybridized carbons (Fsp3) is 0.125. The van der Waals surface area contributed by atoms with E-state index in [9.17, 15) is 9.18 Å². The van der Waals surface area contributed by atoms with Crippen molar-refractivity contribution < 1.29 is 13.9 Å². The highest BCUT2D eigenvalue weighted by atomic mass is 19.1. The SMILES string of the molecule is Cc1c(Oc2ccnc(Nc3ccnn3C)c2)cccc1C(=O)NCc1cccc(F)c1. The molecule has 2 aromatic heterocycles. The van der Waals surface area contributed by atoms with Crippen LogP contribution in [0, 0.1) is 12.7 Å². The number of carbonyl (C=O) groups excluding carboxylic acids is 1. The molecule has 8 heteroatoms. The minimum atomic E-state index is -0.335. The number of nitrogens with one attached hydrogen (secondary N) is 2. The molecule has 0 saturated heterocycles. The van der Waals surface area contributed by atoms with Gasteiger partial charge in [-0.05, 0) is 42.8 Å². The molecule has 7 nitrogen and oxygen atoms in total. The summed E-state index contributed by atoms with van der Waals surface area (Å²) in [6.45, 7) is 2.05. The predicted octanol–water partition coefficient (Wildman–Crippen LogP) is 4.73. The number of aryl methyl sites for hydroxylation is 1. The van der Waals surface area contributed by atoms with Crippen LogP contribution < -0.4 is 15.4 Å². The molecule has 4 rings (SSSR count). The number of ether oxygens (including phenoxy) is 1. The third-order valence-corrected chi connectivity index (χ3v) is 4.91. The zero-order chi connectivity index (χ0) is 22.5. The normalized spacial score (nSPS) is 10.6. The smallest absolute Gasteiger partial charge is 0.251 e. The second-order valence-electron chi connectivity index (χ2n) is 7.19. The monoisotopic (exact) mass is 431 g/mol. The van der Waals surface area contributed by atoms with Crippen LogP contribution in [0.25, 0.3) is 0 Å². The minimum Gasteiger partial charge on any atom is -0.457 e. The summed E-state index contributed by atoms with van der Waals surface area (Å²) in [6, 6.07) is 16.8. The summed E-state index contributed by atoms with van der Waals surface area (Å²) in [5, 5.41) is 10.1. The van der Waals surface area contributed by atoms with Gasteiger partial charge in [-0.2, -0.15) is 5.10 Å². The lowest BCUT2D eigenvalue weighted by Crippen LogP contribution is -2.23. The lowest BCUT2D eigenvalue weighted by molar-refractivity contribution is 0.0950. The third-order valence-electron chi connectivity index (χ3n) is 4.91. The number of halogens is 1. The van der Waals surface area contributed by atoms with E-state index in [0.29, 0.717) is 34.0 Å². The van der Waals surface area contributed by atoms with Gasteiger partial charge in [-0.15, -0.1) is 0 Å². The Bertz CT molecular complexity index is 1250. The van der Waals surface area contributed by atoms with Crippen molar-refractivity contribution in [3.8, 4) is 11.5 Å². The predicted molar refractivity (Wildman–Crippen MR) is 120 cm³/mol. The van der Waals surface area contributed by atoms with Crippen molar-refractivity contribution in [2.24, 2.45) is 7.05 Å². The largest absolute Gasteiger partial charge is 0.457 e. The van der Waals surface area contributed by atoms with E-state index in [0.717, 1.165) is 5.82 Å². The topological polar surface area (TPSA) is 81.1 Å². The second-order valence-corrected chi connectivity index (χ2v) is 7.19. The van der Waals surface area contributed by atoms with Gasteiger partial charge in [-0.25, -0.2) is 9.37 Å². The molecule has 0 unspecified atom stereocenters. The van der Waals surface area contributed by atoms with Gasteiger partial charge in [0.05, 0.1) is 6.20 Å². The molecular weight excluding hydrogens is 409 g/mol. The maximum atomic E-state index is 13.3. The molecule has 32 heavy (non-hydrogen) atoms. The molecule has 0 spiro atoms. The van der Waals surface area contributed by atoms with Crippen LogP contribution in [0.2, 0.25) is 0 Å². The van der Waals surface area contributed by atoms with Crippen molar-refractivity contribution in [3.05, 3.63) is 95.6 Å². The molecule has 0 bridgehead atoms. The number of aromatic nitrogens is 3. The van der Waals surface area contributed by atoms with E-state index in [1.165, 1.54) is 12.1 Å². The Balaban J connectivity index is 1.47. The number of anilines is 2. The third kappa shape index (κ3) is 4.92. The fourth-order valence-corrected chi connectivity index (χ4v) is 3.19. The summed E-state index contributed by atoms with van der Waals surface area (Å²) < 4.78 is 21.1. The van der Waals surface area contributed by atoms with E-state index in [1.54, 1.807) is 59.5 Å². The highest BCUT2D eigenvalue weighted by molar-refractivity contribution is 5.96. The Labute approximate surface area is 184 Å². The van der Waals surface area contributed by atoms with Gasteiger partial charge in [0.2, 0.25) is 0 Å². The maximum Gasteiger partial charge on any atom is 0.251 e.